The molecule has 3 aromatic rings. The lowest BCUT2D eigenvalue weighted by atomic mass is 10.2. The van der Waals surface area contributed by atoms with Crippen LogP contribution in [0.1, 0.15) is 0 Å². The molecule has 0 aliphatic carbocycles. The highest BCUT2D eigenvalue weighted by Crippen LogP contribution is 2.26. The number of carbonyl (C=O) groups excluding carboxylic acids is 1. The minimum Gasteiger partial charge on any atom is -0.305 e. The second-order valence-corrected chi connectivity index (χ2v) is 4.37. The highest BCUT2D eigenvalue weighted by molar-refractivity contribution is 6.32. The van der Waals surface area contributed by atoms with Gasteiger partial charge in [0.2, 0.25) is 0 Å². The summed E-state index contributed by atoms with van der Waals surface area (Å²) >= 11 is 6.03. The first-order chi connectivity index (χ1) is 9.24. The largest absolute Gasteiger partial charge is 0.331 e. The van der Waals surface area contributed by atoms with Gasteiger partial charge in [-0.3, -0.25) is 9.55 Å². The van der Waals surface area contributed by atoms with Gasteiger partial charge < -0.3 is 5.32 Å². The van der Waals surface area contributed by atoms with E-state index >= 15 is 0 Å². The van der Waals surface area contributed by atoms with Crippen LogP contribution in [-0.4, -0.2) is 20.6 Å². The average Bonchev–Trinajstić information content (AvgIpc) is 2.92. The molecule has 94 valence electrons. The predicted molar refractivity (Wildman–Crippen MR) is 73.4 cm³/mol. The van der Waals surface area contributed by atoms with E-state index < -0.39 is 0 Å². The number of rotatable bonds is 1. The Bertz CT molecular complexity index is 739. The van der Waals surface area contributed by atoms with Gasteiger partial charge in [0.15, 0.2) is 0 Å². The maximum Gasteiger partial charge on any atom is 0.331 e. The molecule has 1 N–H and O–H groups in total. The normalized spacial score (nSPS) is 10.6. The van der Waals surface area contributed by atoms with Crippen LogP contribution in [0.3, 0.4) is 0 Å². The van der Waals surface area contributed by atoms with E-state index in [9.17, 15) is 4.79 Å². The minimum atomic E-state index is -0.313. The monoisotopic (exact) mass is 272 g/mol. The van der Waals surface area contributed by atoms with Crippen molar-refractivity contribution in [1.29, 1.82) is 0 Å². The highest BCUT2D eigenvalue weighted by Gasteiger charge is 2.09. The Morgan fingerprint density at radius 1 is 1.32 bits per heavy atom. The smallest absolute Gasteiger partial charge is 0.305 e. The van der Waals surface area contributed by atoms with Crippen molar-refractivity contribution >= 4 is 34.2 Å². The van der Waals surface area contributed by atoms with Crippen LogP contribution in [-0.2, 0) is 0 Å². The van der Waals surface area contributed by atoms with Gasteiger partial charge in [-0.15, -0.1) is 0 Å². The topological polar surface area (TPSA) is 59.8 Å². The van der Waals surface area contributed by atoms with E-state index in [4.69, 9.17) is 11.6 Å². The lowest BCUT2D eigenvalue weighted by Crippen LogP contribution is -2.18. The molecule has 0 fully saturated rings. The third-order valence-corrected chi connectivity index (χ3v) is 2.87. The number of hydrogen-bond donors (Lipinski definition) is 1. The first-order valence-corrected chi connectivity index (χ1v) is 5.95. The molecule has 0 radical (unpaired) electrons. The van der Waals surface area contributed by atoms with Crippen molar-refractivity contribution in [3.63, 3.8) is 0 Å². The number of carbonyl (C=O) groups is 1. The summed E-state index contributed by atoms with van der Waals surface area (Å²) in [4.78, 5) is 20.1. The number of halogens is 1. The zero-order valence-corrected chi connectivity index (χ0v) is 10.5. The SMILES string of the molecule is O=C(Nc1cc(Cl)cc2cccnc12)n1ccnc1. The molecule has 2 aromatic heterocycles. The zero-order valence-electron chi connectivity index (χ0n) is 9.75. The van der Waals surface area contributed by atoms with Crippen LogP contribution in [0.5, 0.6) is 0 Å². The molecule has 5 nitrogen and oxygen atoms in total. The van der Waals surface area contributed by atoms with Crippen molar-refractivity contribution in [2.75, 3.05) is 5.32 Å². The van der Waals surface area contributed by atoms with Gasteiger partial charge in [0.25, 0.3) is 0 Å². The highest BCUT2D eigenvalue weighted by atomic mass is 35.5. The number of imidazole rings is 1. The summed E-state index contributed by atoms with van der Waals surface area (Å²) in [6, 6.07) is 6.87. The third-order valence-electron chi connectivity index (χ3n) is 2.65. The summed E-state index contributed by atoms with van der Waals surface area (Å²) in [7, 11) is 0. The van der Waals surface area contributed by atoms with Crippen molar-refractivity contribution in [3.05, 3.63) is 54.2 Å². The molecule has 0 bridgehead atoms. The van der Waals surface area contributed by atoms with E-state index in [2.05, 4.69) is 15.3 Å². The molecule has 6 heteroatoms. The molecule has 0 unspecified atom stereocenters. The van der Waals surface area contributed by atoms with Gasteiger partial charge >= 0.3 is 6.03 Å². The van der Waals surface area contributed by atoms with Crippen molar-refractivity contribution in [2.45, 2.75) is 0 Å². The molecule has 0 aliphatic heterocycles. The third kappa shape index (κ3) is 2.28. The van der Waals surface area contributed by atoms with Gasteiger partial charge in [-0.25, -0.2) is 9.78 Å². The van der Waals surface area contributed by atoms with Gasteiger partial charge in [0.05, 0.1) is 11.2 Å². The Labute approximate surface area is 113 Å². The Hall–Kier alpha value is -2.40. The summed E-state index contributed by atoms with van der Waals surface area (Å²) < 4.78 is 1.34. The predicted octanol–water partition coefficient (Wildman–Crippen LogP) is 3.16. The van der Waals surface area contributed by atoms with Gasteiger partial charge in [0.1, 0.15) is 6.33 Å². The van der Waals surface area contributed by atoms with Crippen molar-refractivity contribution in [3.8, 4) is 0 Å². The average molecular weight is 273 g/mol. The fourth-order valence-electron chi connectivity index (χ4n) is 1.81. The molecule has 1 amide bonds. The van der Waals surface area contributed by atoms with Crippen molar-refractivity contribution < 1.29 is 4.79 Å². The molecule has 19 heavy (non-hydrogen) atoms. The van der Waals surface area contributed by atoms with E-state index in [0.717, 1.165) is 5.39 Å². The molecule has 3 rings (SSSR count). The van der Waals surface area contributed by atoms with Gasteiger partial charge in [-0.2, -0.15) is 0 Å². The quantitative estimate of drug-likeness (QED) is 0.740. The number of nitrogens with zero attached hydrogens (tertiary/aromatic N) is 3. The van der Waals surface area contributed by atoms with Crippen LogP contribution in [0.25, 0.3) is 10.9 Å². The van der Waals surface area contributed by atoms with Crippen molar-refractivity contribution in [2.24, 2.45) is 0 Å². The van der Waals surface area contributed by atoms with E-state index in [-0.39, 0.29) is 6.03 Å². The summed E-state index contributed by atoms with van der Waals surface area (Å²) in [5, 5.41) is 4.18. The lowest BCUT2D eigenvalue weighted by Gasteiger charge is -2.08. The summed E-state index contributed by atoms with van der Waals surface area (Å²) in [5.41, 5.74) is 1.27. The Balaban J connectivity index is 2.03. The minimum absolute atomic E-state index is 0.313. The molecule has 0 saturated heterocycles. The van der Waals surface area contributed by atoms with Gasteiger partial charge in [-0.05, 0) is 18.2 Å². The fourth-order valence-corrected chi connectivity index (χ4v) is 2.04. The van der Waals surface area contributed by atoms with Crippen LogP contribution in [0.4, 0.5) is 10.5 Å². The van der Waals surface area contributed by atoms with E-state index in [1.807, 2.05) is 12.1 Å². The Kier molecular flexibility index (Phi) is 2.89. The van der Waals surface area contributed by atoms with Crippen LogP contribution < -0.4 is 5.32 Å². The Morgan fingerprint density at radius 2 is 2.21 bits per heavy atom. The molecule has 0 aliphatic rings. The van der Waals surface area contributed by atoms with Crippen LogP contribution in [0.2, 0.25) is 5.02 Å². The van der Waals surface area contributed by atoms with E-state index in [1.165, 1.54) is 17.1 Å². The first kappa shape index (κ1) is 11.7. The number of benzene rings is 1. The Morgan fingerprint density at radius 3 is 3.00 bits per heavy atom. The molecular formula is C13H9ClN4O. The molecular weight excluding hydrogens is 264 g/mol. The maximum atomic E-state index is 12.0. The van der Waals surface area contributed by atoms with Gasteiger partial charge in [-0.1, -0.05) is 17.7 Å². The number of nitrogens with one attached hydrogen (secondary N) is 1. The molecule has 0 saturated carbocycles. The van der Waals surface area contributed by atoms with Crippen LogP contribution in [0.15, 0.2) is 49.2 Å². The standard InChI is InChI=1S/C13H9ClN4O/c14-10-6-9-2-1-3-16-12(9)11(7-10)17-13(19)18-5-4-15-8-18/h1-8H,(H,17,19). The fraction of sp³-hybridized carbons (Fsp3) is 0. The number of pyridine rings is 1. The molecule has 0 atom stereocenters. The second-order valence-electron chi connectivity index (χ2n) is 3.93. The number of anilines is 1. The lowest BCUT2D eigenvalue weighted by molar-refractivity contribution is 0.253. The number of fused-ring (bicyclic) bond motifs is 1. The molecule has 1 aromatic carbocycles. The summed E-state index contributed by atoms with van der Waals surface area (Å²) in [5.74, 6) is 0. The zero-order chi connectivity index (χ0) is 13.2. The van der Waals surface area contributed by atoms with Crippen LogP contribution >= 0.6 is 11.6 Å². The van der Waals surface area contributed by atoms with Gasteiger partial charge in [0, 0.05) is 29.0 Å². The number of hydrogen-bond acceptors (Lipinski definition) is 3. The van der Waals surface area contributed by atoms with E-state index in [0.29, 0.717) is 16.2 Å². The molecule has 0 spiro atoms. The summed E-state index contributed by atoms with van der Waals surface area (Å²) in [6.07, 6.45) is 6.20. The van der Waals surface area contributed by atoms with Crippen LogP contribution in [0, 0.1) is 0 Å². The first-order valence-electron chi connectivity index (χ1n) is 5.57. The molecule has 2 heterocycles. The van der Waals surface area contributed by atoms with Crippen molar-refractivity contribution in [1.82, 2.24) is 14.5 Å². The summed E-state index contributed by atoms with van der Waals surface area (Å²) in [6.45, 7) is 0. The number of aromatic nitrogens is 3. The number of amides is 1. The van der Waals surface area contributed by atoms with E-state index in [1.54, 1.807) is 24.5 Å². The maximum absolute atomic E-state index is 12.0. The second kappa shape index (κ2) is 4.70.